The fraction of sp³-hybridized carbons (Fsp3) is 0.467. The highest BCUT2D eigenvalue weighted by atomic mass is 32.2. The van der Waals surface area contributed by atoms with Crippen molar-refractivity contribution in [2.75, 3.05) is 0 Å². The molecule has 2 N–H and O–H groups in total. The van der Waals surface area contributed by atoms with Gasteiger partial charge in [-0.25, -0.2) is 13.1 Å². The predicted molar refractivity (Wildman–Crippen MR) is 81.6 cm³/mol. The Morgan fingerprint density at radius 3 is 2.45 bits per heavy atom. The minimum atomic E-state index is -3.96. The van der Waals surface area contributed by atoms with Crippen molar-refractivity contribution in [2.24, 2.45) is 5.41 Å². The van der Waals surface area contributed by atoms with Gasteiger partial charge in [0, 0.05) is 6.04 Å². The van der Waals surface area contributed by atoms with Gasteiger partial charge >= 0.3 is 5.97 Å². The van der Waals surface area contributed by atoms with Gasteiger partial charge in [-0.3, -0.25) is 4.79 Å². The van der Waals surface area contributed by atoms with E-state index in [-0.39, 0.29) is 22.3 Å². The molecule has 0 aromatic heterocycles. The zero-order chi connectivity index (χ0) is 17.0. The number of nitrogens with zero attached hydrogens (tertiary/aromatic N) is 1. The van der Waals surface area contributed by atoms with E-state index in [1.807, 2.05) is 26.8 Å². The number of benzene rings is 1. The number of hydrogen-bond acceptors (Lipinski definition) is 4. The molecule has 0 spiro atoms. The fourth-order valence-electron chi connectivity index (χ4n) is 2.18. The van der Waals surface area contributed by atoms with Crippen molar-refractivity contribution >= 4 is 16.0 Å². The van der Waals surface area contributed by atoms with Crippen molar-refractivity contribution in [3.63, 3.8) is 0 Å². The number of rotatable bonds is 6. The second-order valence-corrected chi connectivity index (χ2v) is 7.97. The summed E-state index contributed by atoms with van der Waals surface area (Å²) >= 11 is 0. The molecule has 1 atom stereocenters. The van der Waals surface area contributed by atoms with Gasteiger partial charge in [-0.2, -0.15) is 5.26 Å². The molecule has 0 saturated heterocycles. The maximum atomic E-state index is 12.4. The molecule has 22 heavy (non-hydrogen) atoms. The molecule has 0 aliphatic heterocycles. The third-order valence-electron chi connectivity index (χ3n) is 2.90. The van der Waals surface area contributed by atoms with Crippen molar-refractivity contribution < 1.29 is 18.3 Å². The summed E-state index contributed by atoms with van der Waals surface area (Å²) < 4.78 is 27.3. The summed E-state index contributed by atoms with van der Waals surface area (Å²) in [7, 11) is -3.96. The summed E-state index contributed by atoms with van der Waals surface area (Å²) in [5.74, 6) is -1.08. The molecule has 0 amide bonds. The molecule has 0 radical (unpaired) electrons. The van der Waals surface area contributed by atoms with Gasteiger partial charge in [-0.1, -0.05) is 32.9 Å². The standard InChI is InChI=1S/C15H20N2O4S/c1-15(2,3)9-12(8-14(18)19)17-22(20,21)13-7-5-4-6-11(13)10-16/h4-7,12,17H,8-9H2,1-3H3,(H,18,19). The number of hydrogen-bond donors (Lipinski definition) is 2. The van der Waals surface area contributed by atoms with Crippen LogP contribution in [0, 0.1) is 16.7 Å². The molecule has 1 unspecified atom stereocenters. The first-order chi connectivity index (χ1) is 10.0. The van der Waals surface area contributed by atoms with Gasteiger partial charge in [-0.15, -0.1) is 0 Å². The Morgan fingerprint density at radius 1 is 1.36 bits per heavy atom. The molecule has 1 aromatic rings. The van der Waals surface area contributed by atoms with E-state index in [0.29, 0.717) is 6.42 Å². The Morgan fingerprint density at radius 2 is 1.95 bits per heavy atom. The Labute approximate surface area is 130 Å². The van der Waals surface area contributed by atoms with Crippen molar-refractivity contribution in [1.29, 1.82) is 5.26 Å². The molecular formula is C15H20N2O4S. The molecule has 0 saturated carbocycles. The average molecular weight is 324 g/mol. The Hall–Kier alpha value is -1.91. The number of aliphatic carboxylic acids is 1. The zero-order valence-corrected chi connectivity index (χ0v) is 13.6. The number of carbonyl (C=O) groups is 1. The lowest BCUT2D eigenvalue weighted by atomic mass is 9.87. The summed E-state index contributed by atoms with van der Waals surface area (Å²) in [5.41, 5.74) is -0.211. The van der Waals surface area contributed by atoms with E-state index in [1.54, 1.807) is 6.07 Å². The number of sulfonamides is 1. The maximum Gasteiger partial charge on any atom is 0.304 e. The summed E-state index contributed by atoms with van der Waals surface area (Å²) in [6.07, 6.45) is 0.0540. The maximum absolute atomic E-state index is 12.4. The summed E-state index contributed by atoms with van der Waals surface area (Å²) in [5, 5.41) is 18.0. The van der Waals surface area contributed by atoms with Crippen LogP contribution in [0.2, 0.25) is 0 Å². The average Bonchev–Trinajstić information content (AvgIpc) is 2.35. The van der Waals surface area contributed by atoms with Crippen LogP contribution in [0.15, 0.2) is 29.2 Å². The molecule has 1 aromatic carbocycles. The largest absolute Gasteiger partial charge is 0.481 e. The van der Waals surface area contributed by atoms with E-state index in [2.05, 4.69) is 4.72 Å². The summed E-state index contributed by atoms with van der Waals surface area (Å²) in [6.45, 7) is 5.71. The molecule has 1 rings (SSSR count). The minimum absolute atomic E-state index is 0.0276. The quantitative estimate of drug-likeness (QED) is 0.833. The van der Waals surface area contributed by atoms with Crippen LogP contribution in [0.25, 0.3) is 0 Å². The molecule has 0 fully saturated rings. The first kappa shape index (κ1) is 18.1. The zero-order valence-electron chi connectivity index (χ0n) is 12.8. The van der Waals surface area contributed by atoms with Gasteiger partial charge in [0.05, 0.1) is 16.9 Å². The van der Waals surface area contributed by atoms with Crippen LogP contribution in [-0.4, -0.2) is 25.5 Å². The Balaban J connectivity index is 3.10. The Kier molecular flexibility index (Phi) is 5.69. The molecule has 7 heteroatoms. The number of carboxylic acids is 1. The van der Waals surface area contributed by atoms with E-state index in [1.165, 1.54) is 18.2 Å². The monoisotopic (exact) mass is 324 g/mol. The molecule has 0 heterocycles. The van der Waals surface area contributed by atoms with Crippen LogP contribution in [0.1, 0.15) is 39.2 Å². The number of nitrogens with one attached hydrogen (secondary N) is 1. The molecule has 120 valence electrons. The molecule has 0 bridgehead atoms. The molecule has 0 aliphatic carbocycles. The summed E-state index contributed by atoms with van der Waals surface area (Å²) in [6, 6.07) is 6.91. The second kappa shape index (κ2) is 6.90. The minimum Gasteiger partial charge on any atom is -0.481 e. The van der Waals surface area contributed by atoms with Crippen LogP contribution in [-0.2, 0) is 14.8 Å². The summed E-state index contributed by atoms with van der Waals surface area (Å²) in [4.78, 5) is 10.8. The van der Waals surface area contributed by atoms with Crippen LogP contribution in [0.4, 0.5) is 0 Å². The van der Waals surface area contributed by atoms with Crippen LogP contribution >= 0.6 is 0 Å². The van der Waals surface area contributed by atoms with Gasteiger partial charge in [-0.05, 0) is 24.0 Å². The van der Waals surface area contributed by atoms with Gasteiger partial charge in [0.1, 0.15) is 6.07 Å². The normalized spacial score (nSPS) is 13.4. The van der Waals surface area contributed by atoms with Gasteiger partial charge < -0.3 is 5.11 Å². The second-order valence-electron chi connectivity index (χ2n) is 6.29. The van der Waals surface area contributed by atoms with E-state index in [0.717, 1.165) is 0 Å². The molecule has 0 aliphatic rings. The highest BCUT2D eigenvalue weighted by Crippen LogP contribution is 2.24. The fourth-order valence-corrected chi connectivity index (χ4v) is 3.58. The van der Waals surface area contributed by atoms with Crippen LogP contribution in [0.5, 0.6) is 0 Å². The first-order valence-corrected chi connectivity index (χ1v) is 8.27. The van der Waals surface area contributed by atoms with E-state index < -0.39 is 22.0 Å². The number of carboxylic acid groups (broad SMARTS) is 1. The predicted octanol–water partition coefficient (Wildman–Crippen LogP) is 2.12. The number of nitriles is 1. The highest BCUT2D eigenvalue weighted by molar-refractivity contribution is 7.89. The van der Waals surface area contributed by atoms with Crippen molar-refractivity contribution in [3.8, 4) is 6.07 Å². The lowest BCUT2D eigenvalue weighted by Gasteiger charge is -2.25. The lowest BCUT2D eigenvalue weighted by Crippen LogP contribution is -2.39. The Bertz CT molecular complexity index is 684. The molecule has 6 nitrogen and oxygen atoms in total. The highest BCUT2D eigenvalue weighted by Gasteiger charge is 2.27. The van der Waals surface area contributed by atoms with Gasteiger partial charge in [0.15, 0.2) is 0 Å². The van der Waals surface area contributed by atoms with Crippen LogP contribution in [0.3, 0.4) is 0 Å². The van der Waals surface area contributed by atoms with Crippen molar-refractivity contribution in [1.82, 2.24) is 4.72 Å². The lowest BCUT2D eigenvalue weighted by molar-refractivity contribution is -0.137. The van der Waals surface area contributed by atoms with Crippen molar-refractivity contribution in [2.45, 2.75) is 44.6 Å². The molecular weight excluding hydrogens is 304 g/mol. The third kappa shape index (κ3) is 5.47. The first-order valence-electron chi connectivity index (χ1n) is 6.78. The third-order valence-corrected chi connectivity index (χ3v) is 4.48. The topological polar surface area (TPSA) is 107 Å². The van der Waals surface area contributed by atoms with Crippen molar-refractivity contribution in [3.05, 3.63) is 29.8 Å². The smallest absolute Gasteiger partial charge is 0.304 e. The van der Waals surface area contributed by atoms with Gasteiger partial charge in [0.25, 0.3) is 0 Å². The van der Waals surface area contributed by atoms with Crippen LogP contribution < -0.4 is 4.72 Å². The SMILES string of the molecule is CC(C)(C)CC(CC(=O)O)NS(=O)(=O)c1ccccc1C#N. The van der Waals surface area contributed by atoms with E-state index in [4.69, 9.17) is 10.4 Å². The van der Waals surface area contributed by atoms with E-state index in [9.17, 15) is 13.2 Å². The van der Waals surface area contributed by atoms with Gasteiger partial charge in [0.2, 0.25) is 10.0 Å². The van der Waals surface area contributed by atoms with E-state index >= 15 is 0 Å².